The number of rotatable bonds is 4. The molecule has 0 N–H and O–H groups in total. The van der Waals surface area contributed by atoms with Crippen molar-refractivity contribution in [2.45, 2.75) is 17.9 Å². The van der Waals surface area contributed by atoms with Gasteiger partial charge in [-0.05, 0) is 24.6 Å². The van der Waals surface area contributed by atoms with Crippen molar-refractivity contribution >= 4 is 20.0 Å². The molecule has 0 fully saturated rings. The second kappa shape index (κ2) is 4.75. The molecule has 0 radical (unpaired) electrons. The zero-order valence-corrected chi connectivity index (χ0v) is 11.4. The lowest BCUT2D eigenvalue weighted by molar-refractivity contribution is 0.236. The van der Waals surface area contributed by atoms with Crippen molar-refractivity contribution in [2.24, 2.45) is 0 Å². The van der Waals surface area contributed by atoms with Gasteiger partial charge >= 0.3 is 0 Å². The van der Waals surface area contributed by atoms with E-state index < -0.39 is 26.1 Å². The average Bonchev–Trinajstić information content (AvgIpc) is 2.14. The van der Waals surface area contributed by atoms with Crippen LogP contribution in [0.4, 0.5) is 0 Å². The minimum Gasteiger partial charge on any atom is -0.262 e. The molecule has 0 amide bonds. The molecule has 0 saturated heterocycles. The van der Waals surface area contributed by atoms with Gasteiger partial charge in [0.15, 0.2) is 9.84 Å². The lowest BCUT2D eigenvalue weighted by Crippen LogP contribution is -2.07. The summed E-state index contributed by atoms with van der Waals surface area (Å²) in [5.74, 6) is 0. The summed E-state index contributed by atoms with van der Waals surface area (Å²) in [5.41, 5.74) is 0.600. The molecule has 5 nitrogen and oxygen atoms in total. The molecule has 0 saturated carbocycles. The first kappa shape index (κ1) is 14.1. The Morgan fingerprint density at radius 3 is 1.82 bits per heavy atom. The van der Waals surface area contributed by atoms with E-state index in [1.807, 2.05) is 0 Å². The number of benzene rings is 1. The van der Waals surface area contributed by atoms with Crippen molar-refractivity contribution in [3.63, 3.8) is 0 Å². The predicted molar refractivity (Wildman–Crippen MR) is 63.9 cm³/mol. The van der Waals surface area contributed by atoms with Crippen LogP contribution in [0.5, 0.6) is 0 Å². The summed E-state index contributed by atoms with van der Waals surface area (Å²) >= 11 is 0. The van der Waals surface area contributed by atoms with Gasteiger partial charge in [-0.2, -0.15) is 8.42 Å². The Kier molecular flexibility index (Phi) is 3.95. The van der Waals surface area contributed by atoms with E-state index >= 15 is 0 Å². The van der Waals surface area contributed by atoms with Crippen molar-refractivity contribution in [3.8, 4) is 0 Å². The van der Waals surface area contributed by atoms with Gasteiger partial charge in [0.1, 0.15) is 0 Å². The molecule has 0 heterocycles. The lowest BCUT2D eigenvalue weighted by atomic mass is 10.1. The Bertz CT molecular complexity index is 584. The topological polar surface area (TPSA) is 77.5 Å². The zero-order valence-electron chi connectivity index (χ0n) is 9.74. The van der Waals surface area contributed by atoms with Crippen molar-refractivity contribution in [2.75, 3.05) is 12.5 Å². The van der Waals surface area contributed by atoms with Crippen molar-refractivity contribution in [3.05, 3.63) is 29.8 Å². The van der Waals surface area contributed by atoms with Crippen LogP contribution in [0.25, 0.3) is 0 Å². The Morgan fingerprint density at radius 2 is 1.47 bits per heavy atom. The van der Waals surface area contributed by atoms with E-state index in [1.54, 1.807) is 6.92 Å². The number of hydrogen-bond acceptors (Lipinski definition) is 5. The fourth-order valence-electron chi connectivity index (χ4n) is 1.30. The largest absolute Gasteiger partial charge is 0.264 e. The number of hydrogen-bond donors (Lipinski definition) is 0. The lowest BCUT2D eigenvalue weighted by Gasteiger charge is -2.11. The molecular weight excluding hydrogens is 264 g/mol. The SMILES string of the molecule is CC(OS(C)(=O)=O)c1ccc(S(C)(=O)=O)cc1. The summed E-state index contributed by atoms with van der Waals surface area (Å²) in [6.07, 6.45) is 1.44. The highest BCUT2D eigenvalue weighted by molar-refractivity contribution is 7.90. The maximum atomic E-state index is 11.2. The van der Waals surface area contributed by atoms with E-state index in [4.69, 9.17) is 4.18 Å². The summed E-state index contributed by atoms with van der Waals surface area (Å²) in [7, 11) is -6.77. The predicted octanol–water partition coefficient (Wildman–Crippen LogP) is 1.13. The Hall–Kier alpha value is -0.920. The van der Waals surface area contributed by atoms with Crippen LogP contribution in [0, 0.1) is 0 Å². The fourth-order valence-corrected chi connectivity index (χ4v) is 2.57. The Labute approximate surface area is 101 Å². The average molecular weight is 278 g/mol. The van der Waals surface area contributed by atoms with Gasteiger partial charge in [-0.25, -0.2) is 8.42 Å². The van der Waals surface area contributed by atoms with Gasteiger partial charge < -0.3 is 0 Å². The van der Waals surface area contributed by atoms with E-state index in [1.165, 1.54) is 24.3 Å². The molecule has 1 unspecified atom stereocenters. The molecular formula is C10H14O5S2. The molecule has 0 aliphatic rings. The highest BCUT2D eigenvalue weighted by Crippen LogP contribution is 2.20. The first-order valence-electron chi connectivity index (χ1n) is 4.78. The maximum absolute atomic E-state index is 11.2. The van der Waals surface area contributed by atoms with E-state index in [9.17, 15) is 16.8 Å². The Balaban J connectivity index is 2.96. The molecule has 0 aromatic heterocycles. The Morgan fingerprint density at radius 1 is 1.00 bits per heavy atom. The summed E-state index contributed by atoms with van der Waals surface area (Å²) in [6.45, 7) is 1.58. The van der Waals surface area contributed by atoms with Crippen molar-refractivity contribution in [1.29, 1.82) is 0 Å². The number of sulfone groups is 1. The van der Waals surface area contributed by atoms with Gasteiger partial charge in [0, 0.05) is 6.26 Å². The second-order valence-corrected chi connectivity index (χ2v) is 7.40. The molecule has 0 aliphatic carbocycles. The van der Waals surface area contributed by atoms with Gasteiger partial charge in [0.25, 0.3) is 10.1 Å². The van der Waals surface area contributed by atoms with Gasteiger partial charge in [-0.3, -0.25) is 4.18 Å². The second-order valence-electron chi connectivity index (χ2n) is 3.78. The zero-order chi connectivity index (χ0) is 13.3. The first-order valence-corrected chi connectivity index (χ1v) is 8.48. The molecule has 96 valence electrons. The van der Waals surface area contributed by atoms with Crippen LogP contribution in [-0.4, -0.2) is 29.3 Å². The van der Waals surface area contributed by atoms with Gasteiger partial charge in [0.05, 0.1) is 17.3 Å². The summed E-state index contributed by atoms with van der Waals surface area (Å²) < 4.78 is 49.0. The maximum Gasteiger partial charge on any atom is 0.264 e. The van der Waals surface area contributed by atoms with Crippen LogP contribution in [0.15, 0.2) is 29.2 Å². The van der Waals surface area contributed by atoms with Crippen LogP contribution >= 0.6 is 0 Å². The van der Waals surface area contributed by atoms with E-state index in [0.717, 1.165) is 12.5 Å². The van der Waals surface area contributed by atoms with Crippen LogP contribution in [0.2, 0.25) is 0 Å². The third-order valence-corrected chi connectivity index (χ3v) is 3.86. The third kappa shape index (κ3) is 4.45. The van der Waals surface area contributed by atoms with Gasteiger partial charge in [-0.1, -0.05) is 12.1 Å². The third-order valence-electron chi connectivity index (χ3n) is 2.10. The van der Waals surface area contributed by atoms with E-state index in [0.29, 0.717) is 5.56 Å². The monoisotopic (exact) mass is 278 g/mol. The molecule has 1 atom stereocenters. The van der Waals surface area contributed by atoms with Crippen LogP contribution in [0.3, 0.4) is 0 Å². The van der Waals surface area contributed by atoms with Gasteiger partial charge in [-0.15, -0.1) is 0 Å². The van der Waals surface area contributed by atoms with E-state index in [2.05, 4.69) is 0 Å². The molecule has 17 heavy (non-hydrogen) atoms. The standard InChI is InChI=1S/C10H14O5S2/c1-8(15-17(3,13)14)9-4-6-10(7-5-9)16(2,11)12/h4-8H,1-3H3. The summed E-state index contributed by atoms with van der Waals surface area (Å²) in [6, 6.07) is 5.91. The fraction of sp³-hybridized carbons (Fsp3) is 0.400. The minimum absolute atomic E-state index is 0.188. The summed E-state index contributed by atoms with van der Waals surface area (Å²) in [4.78, 5) is 0.188. The van der Waals surface area contributed by atoms with Crippen LogP contribution in [0.1, 0.15) is 18.6 Å². The quantitative estimate of drug-likeness (QED) is 0.771. The van der Waals surface area contributed by atoms with E-state index in [-0.39, 0.29) is 4.90 Å². The molecule has 1 rings (SSSR count). The molecule has 0 bridgehead atoms. The highest BCUT2D eigenvalue weighted by atomic mass is 32.2. The summed E-state index contributed by atoms with van der Waals surface area (Å²) in [5, 5.41) is 0. The van der Waals surface area contributed by atoms with Crippen molar-refractivity contribution in [1.82, 2.24) is 0 Å². The first-order chi connectivity index (χ1) is 7.59. The highest BCUT2D eigenvalue weighted by Gasteiger charge is 2.13. The molecule has 1 aromatic carbocycles. The molecule has 1 aromatic rings. The van der Waals surface area contributed by atoms with Gasteiger partial charge in [0.2, 0.25) is 0 Å². The van der Waals surface area contributed by atoms with Crippen LogP contribution in [-0.2, 0) is 24.1 Å². The molecule has 0 spiro atoms. The van der Waals surface area contributed by atoms with Crippen molar-refractivity contribution < 1.29 is 21.0 Å². The normalized spacial score (nSPS) is 14.5. The molecule has 7 heteroatoms. The van der Waals surface area contributed by atoms with Crippen LogP contribution < -0.4 is 0 Å². The smallest absolute Gasteiger partial charge is 0.262 e. The minimum atomic E-state index is -3.53. The molecule has 0 aliphatic heterocycles.